The van der Waals surface area contributed by atoms with Gasteiger partial charge in [-0.05, 0) is 71.8 Å². The molecule has 0 N–H and O–H groups in total. The molecule has 12 aromatic rings. The molecule has 12 rings (SSSR count). The van der Waals surface area contributed by atoms with Crippen LogP contribution in [0.25, 0.3) is 111 Å². The maximum absolute atomic E-state index is 6.14. The molecule has 0 atom stereocenters. The third-order valence-corrected chi connectivity index (χ3v) is 11.2. The van der Waals surface area contributed by atoms with Crippen molar-refractivity contribution in [1.82, 2.24) is 24.1 Å². The first kappa shape index (κ1) is 31.5. The van der Waals surface area contributed by atoms with Gasteiger partial charge in [-0.25, -0.2) is 4.98 Å². The summed E-state index contributed by atoms with van der Waals surface area (Å²) >= 11 is 0. The van der Waals surface area contributed by atoms with Crippen LogP contribution in [0.2, 0.25) is 0 Å². The van der Waals surface area contributed by atoms with Gasteiger partial charge in [-0.1, -0.05) is 127 Å². The summed E-state index contributed by atoms with van der Waals surface area (Å²) in [6, 6.07) is 65.6. The first-order valence-corrected chi connectivity index (χ1v) is 19.1. The summed E-state index contributed by atoms with van der Waals surface area (Å²) in [4.78, 5) is 15.7. The smallest absolute Gasteiger partial charge is 0.238 e. The van der Waals surface area contributed by atoms with Crippen LogP contribution in [-0.4, -0.2) is 24.1 Å². The fraction of sp³-hybridized carbons (Fsp3) is 0. The summed E-state index contributed by atoms with van der Waals surface area (Å²) in [6.07, 6.45) is 0. The van der Waals surface area contributed by atoms with Crippen molar-refractivity contribution in [1.29, 1.82) is 0 Å². The summed E-state index contributed by atoms with van der Waals surface area (Å²) < 4.78 is 10.7. The average Bonchev–Trinajstić information content (AvgIpc) is 3.93. The van der Waals surface area contributed by atoms with Crippen LogP contribution in [0.1, 0.15) is 0 Å². The van der Waals surface area contributed by atoms with Crippen LogP contribution in [0.15, 0.2) is 192 Å². The molecule has 0 spiro atoms. The molecule has 4 heterocycles. The number of benzene rings is 8. The maximum atomic E-state index is 6.14. The second-order valence-corrected chi connectivity index (χ2v) is 14.5. The molecule has 8 aromatic carbocycles. The van der Waals surface area contributed by atoms with E-state index in [1.54, 1.807) is 0 Å². The summed E-state index contributed by atoms with van der Waals surface area (Å²) in [5, 5.41) is 6.81. The monoisotopic (exact) mass is 729 g/mol. The van der Waals surface area contributed by atoms with Crippen LogP contribution in [0, 0.1) is 0 Å². The molecule has 0 bridgehead atoms. The zero-order chi connectivity index (χ0) is 37.5. The highest BCUT2D eigenvalue weighted by Crippen LogP contribution is 2.40. The Kier molecular flexibility index (Phi) is 6.83. The van der Waals surface area contributed by atoms with Gasteiger partial charge in [0.25, 0.3) is 0 Å². The summed E-state index contributed by atoms with van der Waals surface area (Å²) in [7, 11) is 0. The van der Waals surface area contributed by atoms with Crippen molar-refractivity contribution in [3.05, 3.63) is 188 Å². The first-order chi connectivity index (χ1) is 28.2. The Hall–Kier alpha value is -7.83. The van der Waals surface area contributed by atoms with Crippen molar-refractivity contribution in [2.45, 2.75) is 0 Å². The number of fused-ring (bicyclic) bond motifs is 9. The molecule has 0 radical (unpaired) electrons. The second-order valence-electron chi connectivity index (χ2n) is 14.5. The lowest BCUT2D eigenvalue weighted by atomic mass is 10.0. The van der Waals surface area contributed by atoms with Gasteiger partial charge < -0.3 is 8.98 Å². The number of hydrogen-bond acceptors (Lipinski definition) is 4. The normalized spacial score (nSPS) is 11.9. The highest BCUT2D eigenvalue weighted by molar-refractivity contribution is 6.19. The van der Waals surface area contributed by atoms with E-state index in [1.165, 1.54) is 10.8 Å². The van der Waals surface area contributed by atoms with Gasteiger partial charge in [0.2, 0.25) is 5.95 Å². The molecule has 0 saturated heterocycles. The molecule has 266 valence electrons. The van der Waals surface area contributed by atoms with Crippen LogP contribution < -0.4 is 0 Å². The number of para-hydroxylation sites is 4. The minimum absolute atomic E-state index is 0.563. The SMILES string of the molecule is c1ccc(-c2nc(-c3cccc(-c4ccc5oc6ccccc6c5c4)c3)nc(-n3c4ccccc4c4cc5c(cc43)c3ccccc3n5-c3ccccc3)n2)cc1. The molecule has 6 heteroatoms. The Bertz CT molecular complexity index is 3520. The fourth-order valence-corrected chi connectivity index (χ4v) is 8.55. The van der Waals surface area contributed by atoms with Crippen LogP contribution in [0.5, 0.6) is 0 Å². The third kappa shape index (κ3) is 4.94. The Morgan fingerprint density at radius 3 is 1.61 bits per heavy atom. The Morgan fingerprint density at radius 2 is 0.860 bits per heavy atom. The van der Waals surface area contributed by atoms with Crippen molar-refractivity contribution in [2.24, 2.45) is 0 Å². The van der Waals surface area contributed by atoms with Crippen molar-refractivity contribution in [3.8, 4) is 45.5 Å². The van der Waals surface area contributed by atoms with Crippen molar-refractivity contribution in [3.63, 3.8) is 0 Å². The van der Waals surface area contributed by atoms with Crippen LogP contribution >= 0.6 is 0 Å². The van der Waals surface area contributed by atoms with E-state index in [0.29, 0.717) is 17.6 Å². The minimum Gasteiger partial charge on any atom is -0.456 e. The summed E-state index contributed by atoms with van der Waals surface area (Å²) in [5.74, 6) is 1.77. The lowest BCUT2D eigenvalue weighted by Gasteiger charge is -2.12. The third-order valence-electron chi connectivity index (χ3n) is 11.2. The molecule has 0 fully saturated rings. The van der Waals surface area contributed by atoms with Gasteiger partial charge in [0, 0.05) is 49.1 Å². The van der Waals surface area contributed by atoms with E-state index in [0.717, 1.165) is 82.7 Å². The van der Waals surface area contributed by atoms with Crippen molar-refractivity contribution in [2.75, 3.05) is 0 Å². The standard InChI is InChI=1S/C51H31N5O/c1-3-14-32(15-4-1)49-52-50(35-17-13-16-33(28-35)34-26-27-48-42(29-34)39-22-9-12-25-47(39)57-48)54-51(53-49)56-44-24-11-8-21-38(44)41-30-45-40(31-46(41)56)37-20-7-10-23-43(37)55(45)36-18-5-2-6-19-36/h1-31H. The summed E-state index contributed by atoms with van der Waals surface area (Å²) in [5.41, 5.74) is 11.2. The molecule has 0 unspecified atom stereocenters. The topological polar surface area (TPSA) is 61.7 Å². The van der Waals surface area contributed by atoms with E-state index < -0.39 is 0 Å². The van der Waals surface area contributed by atoms with Gasteiger partial charge in [0.1, 0.15) is 11.2 Å². The quantitative estimate of drug-likeness (QED) is 0.177. The maximum Gasteiger partial charge on any atom is 0.238 e. The Labute approximate surface area is 326 Å². The first-order valence-electron chi connectivity index (χ1n) is 19.1. The van der Waals surface area contributed by atoms with E-state index in [4.69, 9.17) is 19.4 Å². The predicted molar refractivity (Wildman–Crippen MR) is 232 cm³/mol. The molecular weight excluding hydrogens is 699 g/mol. The molecule has 0 amide bonds. The van der Waals surface area contributed by atoms with E-state index in [2.05, 4.69) is 167 Å². The minimum atomic E-state index is 0.563. The molecule has 6 nitrogen and oxygen atoms in total. The molecule has 57 heavy (non-hydrogen) atoms. The molecule has 0 aliphatic carbocycles. The molecular formula is C51H31N5O. The lowest BCUT2D eigenvalue weighted by molar-refractivity contribution is 0.669. The molecule has 0 aliphatic rings. The van der Waals surface area contributed by atoms with Gasteiger partial charge in [0.05, 0.1) is 22.1 Å². The molecule has 0 aliphatic heterocycles. The van der Waals surface area contributed by atoms with Crippen molar-refractivity contribution >= 4 is 65.6 Å². The summed E-state index contributed by atoms with van der Waals surface area (Å²) in [6.45, 7) is 0. The van der Waals surface area contributed by atoms with E-state index in [1.807, 2.05) is 30.3 Å². The highest BCUT2D eigenvalue weighted by Gasteiger charge is 2.21. The number of rotatable bonds is 5. The Balaban J connectivity index is 1.09. The van der Waals surface area contributed by atoms with E-state index in [-0.39, 0.29) is 0 Å². The van der Waals surface area contributed by atoms with Gasteiger partial charge in [-0.15, -0.1) is 0 Å². The zero-order valence-corrected chi connectivity index (χ0v) is 30.5. The number of nitrogens with zero attached hydrogens (tertiary/aromatic N) is 5. The van der Waals surface area contributed by atoms with E-state index >= 15 is 0 Å². The second kappa shape index (κ2) is 12.3. The van der Waals surface area contributed by atoms with Gasteiger partial charge in [-0.2, -0.15) is 9.97 Å². The zero-order valence-electron chi connectivity index (χ0n) is 30.5. The van der Waals surface area contributed by atoms with Crippen LogP contribution in [-0.2, 0) is 0 Å². The molecule has 0 saturated carbocycles. The predicted octanol–water partition coefficient (Wildman–Crippen LogP) is 13.0. The highest BCUT2D eigenvalue weighted by atomic mass is 16.3. The number of aromatic nitrogens is 5. The fourth-order valence-electron chi connectivity index (χ4n) is 8.55. The lowest BCUT2D eigenvalue weighted by Crippen LogP contribution is -2.06. The van der Waals surface area contributed by atoms with Gasteiger partial charge in [-0.3, -0.25) is 4.57 Å². The average molecular weight is 730 g/mol. The molecule has 4 aromatic heterocycles. The van der Waals surface area contributed by atoms with Crippen molar-refractivity contribution < 1.29 is 4.42 Å². The van der Waals surface area contributed by atoms with Gasteiger partial charge in [0.15, 0.2) is 11.6 Å². The number of hydrogen-bond donors (Lipinski definition) is 0. The Morgan fingerprint density at radius 1 is 0.316 bits per heavy atom. The van der Waals surface area contributed by atoms with Gasteiger partial charge >= 0.3 is 0 Å². The number of furan rings is 1. The van der Waals surface area contributed by atoms with Crippen LogP contribution in [0.4, 0.5) is 0 Å². The van der Waals surface area contributed by atoms with E-state index in [9.17, 15) is 0 Å². The largest absolute Gasteiger partial charge is 0.456 e. The van der Waals surface area contributed by atoms with Crippen LogP contribution in [0.3, 0.4) is 0 Å².